The predicted octanol–water partition coefficient (Wildman–Crippen LogP) is 2.54. The first-order valence-corrected chi connectivity index (χ1v) is 8.56. The predicted molar refractivity (Wildman–Crippen MR) is 98.9 cm³/mol. The number of carbonyl (C=O) groups is 3. The molecule has 1 aliphatic heterocycles. The Hall–Kier alpha value is -3.35. The zero-order chi connectivity index (χ0) is 19.2. The second-order valence-electron chi connectivity index (χ2n) is 6.09. The van der Waals surface area contributed by atoms with Gasteiger partial charge in [0.2, 0.25) is 0 Å². The number of amides is 2. The standard InChI is InChI=1S/C20H20N2O5/c1-14(23)16-5-3-7-18(11-16)27-13-19(24)21-12-15-4-2-6-17(10-15)22-8-9-26-20(22)25/h2-7,10-11H,8-9,12-13H2,1H3,(H,21,24). The molecule has 1 N–H and O–H groups in total. The van der Waals surface area contributed by atoms with Gasteiger partial charge < -0.3 is 14.8 Å². The van der Waals surface area contributed by atoms with Crippen LogP contribution in [0, 0.1) is 0 Å². The van der Waals surface area contributed by atoms with Gasteiger partial charge in [-0.1, -0.05) is 24.3 Å². The summed E-state index contributed by atoms with van der Waals surface area (Å²) in [5.74, 6) is 0.119. The number of benzene rings is 2. The van der Waals surface area contributed by atoms with Crippen LogP contribution in [-0.2, 0) is 16.1 Å². The van der Waals surface area contributed by atoms with Gasteiger partial charge in [-0.25, -0.2) is 4.79 Å². The minimum Gasteiger partial charge on any atom is -0.484 e. The molecule has 0 spiro atoms. The minimum atomic E-state index is -0.364. The van der Waals surface area contributed by atoms with Crippen molar-refractivity contribution in [2.75, 3.05) is 24.7 Å². The molecule has 1 fully saturated rings. The van der Waals surface area contributed by atoms with E-state index in [9.17, 15) is 14.4 Å². The molecular weight excluding hydrogens is 348 g/mol. The number of nitrogens with zero attached hydrogens (tertiary/aromatic N) is 1. The lowest BCUT2D eigenvalue weighted by Crippen LogP contribution is -2.28. The lowest BCUT2D eigenvalue weighted by atomic mass is 10.1. The van der Waals surface area contributed by atoms with Crippen molar-refractivity contribution < 1.29 is 23.9 Å². The number of cyclic esters (lactones) is 1. The average molecular weight is 368 g/mol. The molecule has 1 saturated heterocycles. The van der Waals surface area contributed by atoms with Crippen LogP contribution in [0.5, 0.6) is 5.75 Å². The Bertz CT molecular complexity index is 865. The molecule has 0 saturated carbocycles. The molecule has 0 unspecified atom stereocenters. The van der Waals surface area contributed by atoms with E-state index in [1.807, 2.05) is 24.3 Å². The highest BCUT2D eigenvalue weighted by Crippen LogP contribution is 2.20. The molecule has 0 aliphatic carbocycles. The highest BCUT2D eigenvalue weighted by Gasteiger charge is 2.23. The van der Waals surface area contributed by atoms with Crippen LogP contribution in [0.1, 0.15) is 22.8 Å². The van der Waals surface area contributed by atoms with Crippen molar-refractivity contribution in [1.82, 2.24) is 5.32 Å². The fraction of sp³-hybridized carbons (Fsp3) is 0.250. The van der Waals surface area contributed by atoms with Crippen LogP contribution in [0.3, 0.4) is 0 Å². The monoisotopic (exact) mass is 368 g/mol. The first-order chi connectivity index (χ1) is 13.0. The minimum absolute atomic E-state index is 0.0633. The van der Waals surface area contributed by atoms with E-state index in [-0.39, 0.29) is 24.4 Å². The van der Waals surface area contributed by atoms with E-state index in [1.54, 1.807) is 29.2 Å². The summed E-state index contributed by atoms with van der Waals surface area (Å²) in [7, 11) is 0. The molecule has 27 heavy (non-hydrogen) atoms. The van der Waals surface area contributed by atoms with Crippen molar-refractivity contribution >= 4 is 23.5 Å². The lowest BCUT2D eigenvalue weighted by Gasteiger charge is -2.14. The number of carbonyl (C=O) groups excluding carboxylic acids is 3. The second kappa shape index (κ2) is 8.35. The third-order valence-corrected chi connectivity index (χ3v) is 4.08. The van der Waals surface area contributed by atoms with Gasteiger partial charge in [-0.2, -0.15) is 0 Å². The van der Waals surface area contributed by atoms with Crippen LogP contribution < -0.4 is 15.0 Å². The SMILES string of the molecule is CC(=O)c1cccc(OCC(=O)NCc2cccc(N3CCOC3=O)c2)c1. The quantitative estimate of drug-likeness (QED) is 0.759. The summed E-state index contributed by atoms with van der Waals surface area (Å²) < 4.78 is 10.4. The Balaban J connectivity index is 1.51. The Labute approximate surface area is 156 Å². The van der Waals surface area contributed by atoms with E-state index in [0.29, 0.717) is 31.0 Å². The fourth-order valence-electron chi connectivity index (χ4n) is 2.67. The van der Waals surface area contributed by atoms with Gasteiger partial charge in [-0.3, -0.25) is 14.5 Å². The molecule has 1 heterocycles. The van der Waals surface area contributed by atoms with E-state index in [4.69, 9.17) is 9.47 Å². The molecule has 7 nitrogen and oxygen atoms in total. The van der Waals surface area contributed by atoms with Gasteiger partial charge in [-0.05, 0) is 36.8 Å². The lowest BCUT2D eigenvalue weighted by molar-refractivity contribution is -0.123. The maximum absolute atomic E-state index is 12.0. The fourth-order valence-corrected chi connectivity index (χ4v) is 2.67. The molecule has 0 aromatic heterocycles. The number of Topliss-reactive ketones (excluding diaryl/α,β-unsaturated/α-hetero) is 1. The van der Waals surface area contributed by atoms with Crippen LogP contribution in [-0.4, -0.2) is 37.5 Å². The maximum Gasteiger partial charge on any atom is 0.414 e. The molecule has 7 heteroatoms. The third-order valence-electron chi connectivity index (χ3n) is 4.08. The zero-order valence-corrected chi connectivity index (χ0v) is 14.9. The van der Waals surface area contributed by atoms with Crippen LogP contribution in [0.2, 0.25) is 0 Å². The number of anilines is 1. The molecular formula is C20H20N2O5. The third kappa shape index (κ3) is 4.84. The first kappa shape index (κ1) is 18.4. The van der Waals surface area contributed by atoms with Gasteiger partial charge in [0.1, 0.15) is 12.4 Å². The molecule has 1 aliphatic rings. The number of hydrogen-bond acceptors (Lipinski definition) is 5. The molecule has 0 atom stereocenters. The van der Waals surface area contributed by atoms with E-state index in [2.05, 4.69) is 5.32 Å². The van der Waals surface area contributed by atoms with Crippen LogP contribution in [0.4, 0.5) is 10.5 Å². The van der Waals surface area contributed by atoms with E-state index in [1.165, 1.54) is 6.92 Å². The number of nitrogens with one attached hydrogen (secondary N) is 1. The van der Waals surface area contributed by atoms with Crippen LogP contribution in [0.15, 0.2) is 48.5 Å². The van der Waals surface area contributed by atoms with Crippen LogP contribution in [0.25, 0.3) is 0 Å². The molecule has 2 aromatic rings. The molecule has 0 radical (unpaired) electrons. The summed E-state index contributed by atoms with van der Waals surface area (Å²) >= 11 is 0. The summed E-state index contributed by atoms with van der Waals surface area (Å²) in [4.78, 5) is 36.6. The average Bonchev–Trinajstić information content (AvgIpc) is 3.11. The number of ketones is 1. The highest BCUT2D eigenvalue weighted by molar-refractivity contribution is 5.94. The van der Waals surface area contributed by atoms with Crippen molar-refractivity contribution in [3.63, 3.8) is 0 Å². The maximum atomic E-state index is 12.0. The Morgan fingerprint density at radius 3 is 2.74 bits per heavy atom. The van der Waals surface area contributed by atoms with Gasteiger partial charge in [0.15, 0.2) is 12.4 Å². The molecule has 2 amide bonds. The summed E-state index contributed by atoms with van der Waals surface area (Å²) in [5.41, 5.74) is 2.13. The van der Waals surface area contributed by atoms with Crippen molar-refractivity contribution in [2.45, 2.75) is 13.5 Å². The van der Waals surface area contributed by atoms with Crippen molar-refractivity contribution in [3.05, 3.63) is 59.7 Å². The molecule has 0 bridgehead atoms. The Morgan fingerprint density at radius 2 is 2.00 bits per heavy atom. The number of ether oxygens (including phenoxy) is 2. The van der Waals surface area contributed by atoms with Crippen molar-refractivity contribution in [3.8, 4) is 5.75 Å². The van der Waals surface area contributed by atoms with Gasteiger partial charge in [0, 0.05) is 17.8 Å². The second-order valence-corrected chi connectivity index (χ2v) is 6.09. The van der Waals surface area contributed by atoms with E-state index < -0.39 is 0 Å². The molecule has 2 aromatic carbocycles. The van der Waals surface area contributed by atoms with Crippen molar-refractivity contribution in [1.29, 1.82) is 0 Å². The topological polar surface area (TPSA) is 84.9 Å². The summed E-state index contributed by atoms with van der Waals surface area (Å²) in [6.07, 6.45) is -0.364. The molecule has 3 rings (SSSR count). The normalized spacial score (nSPS) is 13.2. The summed E-state index contributed by atoms with van der Waals surface area (Å²) in [5, 5.41) is 2.77. The summed E-state index contributed by atoms with van der Waals surface area (Å²) in [6.45, 7) is 2.53. The van der Waals surface area contributed by atoms with Gasteiger partial charge in [0.25, 0.3) is 5.91 Å². The van der Waals surface area contributed by atoms with Gasteiger partial charge in [-0.15, -0.1) is 0 Å². The van der Waals surface area contributed by atoms with Gasteiger partial charge >= 0.3 is 6.09 Å². The summed E-state index contributed by atoms with van der Waals surface area (Å²) in [6, 6.07) is 14.0. The van der Waals surface area contributed by atoms with Gasteiger partial charge in [0.05, 0.1) is 6.54 Å². The Kier molecular flexibility index (Phi) is 5.71. The zero-order valence-electron chi connectivity index (χ0n) is 14.9. The van der Waals surface area contributed by atoms with Crippen LogP contribution >= 0.6 is 0 Å². The van der Waals surface area contributed by atoms with E-state index in [0.717, 1.165) is 11.3 Å². The molecule has 140 valence electrons. The highest BCUT2D eigenvalue weighted by atomic mass is 16.6. The van der Waals surface area contributed by atoms with Crippen molar-refractivity contribution in [2.24, 2.45) is 0 Å². The van der Waals surface area contributed by atoms with E-state index >= 15 is 0 Å². The smallest absolute Gasteiger partial charge is 0.414 e. The number of hydrogen-bond donors (Lipinski definition) is 1. The first-order valence-electron chi connectivity index (χ1n) is 8.56. The Morgan fingerprint density at radius 1 is 1.19 bits per heavy atom. The largest absolute Gasteiger partial charge is 0.484 e. The number of rotatable bonds is 7.